The number of aliphatic hydroxyl groups excluding tert-OH is 1. The fraction of sp³-hybridized carbons (Fsp3) is 0.944. The van der Waals surface area contributed by atoms with Crippen molar-refractivity contribution in [3.05, 3.63) is 0 Å². The van der Waals surface area contributed by atoms with Gasteiger partial charge in [0, 0.05) is 19.1 Å². The maximum absolute atomic E-state index is 12.7. The number of amides is 1. The van der Waals surface area contributed by atoms with E-state index in [1.54, 1.807) is 0 Å². The van der Waals surface area contributed by atoms with E-state index in [1.165, 1.54) is 0 Å². The molecule has 6 heteroatoms. The molecule has 24 heavy (non-hydrogen) atoms. The number of ether oxygens (including phenoxy) is 3. The van der Waals surface area contributed by atoms with E-state index in [4.69, 9.17) is 14.2 Å². The van der Waals surface area contributed by atoms with Crippen LogP contribution in [0.4, 0.5) is 0 Å². The minimum absolute atomic E-state index is 0.00247. The molecule has 3 aliphatic heterocycles. The molecular weight excluding hydrogens is 310 g/mol. The standard InChI is InChI=1S/C18H31NO5/c1-13(11-24-15-8-4-6-10-23-15)16-18(2,12-20)17(21)19(16)14-7-3-5-9-22-14/h13-16,20H,3-12H2,1-2H3. The van der Waals surface area contributed by atoms with Gasteiger partial charge < -0.3 is 24.2 Å². The first kappa shape index (κ1) is 18.1. The van der Waals surface area contributed by atoms with Crippen molar-refractivity contribution in [1.82, 2.24) is 4.90 Å². The number of hydrogen-bond donors (Lipinski definition) is 1. The molecule has 3 fully saturated rings. The summed E-state index contributed by atoms with van der Waals surface area (Å²) in [6.45, 7) is 5.80. The highest BCUT2D eigenvalue weighted by Crippen LogP contribution is 2.45. The third-order valence-electron chi connectivity index (χ3n) is 5.69. The molecule has 6 nitrogen and oxygen atoms in total. The van der Waals surface area contributed by atoms with E-state index < -0.39 is 5.41 Å². The number of nitrogens with zero attached hydrogens (tertiary/aromatic N) is 1. The average molecular weight is 341 g/mol. The summed E-state index contributed by atoms with van der Waals surface area (Å²) in [6, 6.07) is -0.0540. The molecule has 138 valence electrons. The summed E-state index contributed by atoms with van der Waals surface area (Å²) < 4.78 is 17.4. The van der Waals surface area contributed by atoms with Crippen molar-refractivity contribution in [3.8, 4) is 0 Å². The Balaban J connectivity index is 1.62. The second kappa shape index (κ2) is 7.68. The van der Waals surface area contributed by atoms with Gasteiger partial charge in [-0.2, -0.15) is 0 Å². The highest BCUT2D eigenvalue weighted by Gasteiger charge is 2.61. The van der Waals surface area contributed by atoms with Crippen molar-refractivity contribution >= 4 is 5.91 Å². The molecule has 0 saturated carbocycles. The Bertz CT molecular complexity index is 433. The van der Waals surface area contributed by atoms with E-state index in [-0.39, 0.29) is 37.0 Å². The summed E-state index contributed by atoms with van der Waals surface area (Å²) in [7, 11) is 0. The van der Waals surface area contributed by atoms with Crippen molar-refractivity contribution in [1.29, 1.82) is 0 Å². The summed E-state index contributed by atoms with van der Waals surface area (Å²) in [4.78, 5) is 14.5. The topological polar surface area (TPSA) is 68.2 Å². The van der Waals surface area contributed by atoms with Crippen LogP contribution in [-0.4, -0.2) is 60.9 Å². The molecule has 3 heterocycles. The van der Waals surface area contributed by atoms with Crippen LogP contribution in [0, 0.1) is 11.3 Å². The Morgan fingerprint density at radius 1 is 1.25 bits per heavy atom. The molecule has 3 aliphatic rings. The molecule has 1 amide bonds. The summed E-state index contributed by atoms with van der Waals surface area (Å²) in [5.74, 6) is 0.124. The lowest BCUT2D eigenvalue weighted by Gasteiger charge is -2.59. The third-order valence-corrected chi connectivity index (χ3v) is 5.69. The van der Waals surface area contributed by atoms with Crippen LogP contribution in [0.25, 0.3) is 0 Å². The number of β-lactam (4-membered cyclic amide) rings is 1. The van der Waals surface area contributed by atoms with E-state index in [9.17, 15) is 9.90 Å². The Hall–Kier alpha value is -0.690. The van der Waals surface area contributed by atoms with Gasteiger partial charge in [-0.1, -0.05) is 6.92 Å². The molecule has 0 aromatic heterocycles. The lowest BCUT2D eigenvalue weighted by Crippen LogP contribution is -2.74. The van der Waals surface area contributed by atoms with Gasteiger partial charge in [-0.25, -0.2) is 0 Å². The van der Waals surface area contributed by atoms with E-state index in [2.05, 4.69) is 6.92 Å². The molecule has 3 saturated heterocycles. The van der Waals surface area contributed by atoms with Gasteiger partial charge in [0.05, 0.1) is 24.7 Å². The highest BCUT2D eigenvalue weighted by molar-refractivity contribution is 5.90. The number of hydrogen-bond acceptors (Lipinski definition) is 5. The number of rotatable bonds is 6. The SMILES string of the molecule is CC(COC1CCCCO1)C1N(C2CCCCO2)C(=O)C1(C)CO. The highest BCUT2D eigenvalue weighted by atomic mass is 16.7. The van der Waals surface area contributed by atoms with Crippen molar-refractivity contribution in [2.24, 2.45) is 11.3 Å². The zero-order valence-electron chi connectivity index (χ0n) is 14.9. The largest absolute Gasteiger partial charge is 0.395 e. The van der Waals surface area contributed by atoms with Gasteiger partial charge in [0.1, 0.15) is 6.23 Å². The second-order valence-electron chi connectivity index (χ2n) is 7.66. The van der Waals surface area contributed by atoms with Gasteiger partial charge in [-0.3, -0.25) is 4.79 Å². The van der Waals surface area contributed by atoms with Crippen LogP contribution in [0.15, 0.2) is 0 Å². The van der Waals surface area contributed by atoms with Crippen LogP contribution >= 0.6 is 0 Å². The zero-order chi connectivity index (χ0) is 17.2. The molecular formula is C18H31NO5. The summed E-state index contributed by atoms with van der Waals surface area (Å²) in [6.07, 6.45) is 5.91. The van der Waals surface area contributed by atoms with Gasteiger partial charge >= 0.3 is 0 Å². The third kappa shape index (κ3) is 3.34. The predicted octanol–water partition coefficient (Wildman–Crippen LogP) is 1.90. The molecule has 3 rings (SSSR count). The minimum Gasteiger partial charge on any atom is -0.395 e. The number of likely N-dealkylation sites (tertiary alicyclic amines) is 1. The molecule has 0 radical (unpaired) electrons. The molecule has 0 aromatic carbocycles. The fourth-order valence-electron chi connectivity index (χ4n) is 4.30. The first-order chi connectivity index (χ1) is 11.6. The van der Waals surface area contributed by atoms with Crippen LogP contribution in [0.3, 0.4) is 0 Å². The maximum atomic E-state index is 12.7. The van der Waals surface area contributed by atoms with Crippen molar-refractivity contribution < 1.29 is 24.1 Å². The Labute approximate surface area is 144 Å². The van der Waals surface area contributed by atoms with Gasteiger partial charge in [-0.05, 0) is 45.4 Å². The molecule has 0 spiro atoms. The Kier molecular flexibility index (Phi) is 5.80. The normalized spacial score (nSPS) is 38.7. The minimum atomic E-state index is -0.725. The quantitative estimate of drug-likeness (QED) is 0.748. The maximum Gasteiger partial charge on any atom is 0.235 e. The number of carbonyl (C=O) groups is 1. The Morgan fingerprint density at radius 3 is 2.54 bits per heavy atom. The second-order valence-corrected chi connectivity index (χ2v) is 7.66. The number of carbonyl (C=O) groups excluding carboxylic acids is 1. The van der Waals surface area contributed by atoms with Gasteiger partial charge in [0.2, 0.25) is 5.91 Å². The smallest absolute Gasteiger partial charge is 0.235 e. The predicted molar refractivity (Wildman–Crippen MR) is 88.1 cm³/mol. The first-order valence-electron chi connectivity index (χ1n) is 9.36. The van der Waals surface area contributed by atoms with Crippen LogP contribution < -0.4 is 0 Å². The molecule has 5 atom stereocenters. The van der Waals surface area contributed by atoms with Crippen molar-refractivity contribution in [3.63, 3.8) is 0 Å². The van der Waals surface area contributed by atoms with Crippen LogP contribution in [-0.2, 0) is 19.0 Å². The van der Waals surface area contributed by atoms with E-state index in [1.807, 2.05) is 11.8 Å². The number of aliphatic hydroxyl groups is 1. The van der Waals surface area contributed by atoms with E-state index >= 15 is 0 Å². The molecule has 1 N–H and O–H groups in total. The van der Waals surface area contributed by atoms with Gasteiger partial charge in [0.25, 0.3) is 0 Å². The van der Waals surface area contributed by atoms with Crippen molar-refractivity contribution in [2.75, 3.05) is 26.4 Å². The summed E-state index contributed by atoms with van der Waals surface area (Å²) in [5.41, 5.74) is -0.725. The lowest BCUT2D eigenvalue weighted by atomic mass is 9.67. The van der Waals surface area contributed by atoms with Gasteiger partial charge in [-0.15, -0.1) is 0 Å². The molecule has 0 aliphatic carbocycles. The molecule has 0 bridgehead atoms. The summed E-state index contributed by atoms with van der Waals surface area (Å²) >= 11 is 0. The average Bonchev–Trinajstić information content (AvgIpc) is 2.64. The summed E-state index contributed by atoms with van der Waals surface area (Å²) in [5, 5.41) is 9.81. The van der Waals surface area contributed by atoms with Crippen LogP contribution in [0.1, 0.15) is 52.4 Å². The Morgan fingerprint density at radius 2 is 1.96 bits per heavy atom. The first-order valence-corrected chi connectivity index (χ1v) is 9.36. The van der Waals surface area contributed by atoms with Crippen LogP contribution in [0.2, 0.25) is 0 Å². The van der Waals surface area contributed by atoms with Crippen LogP contribution in [0.5, 0.6) is 0 Å². The van der Waals surface area contributed by atoms with E-state index in [0.29, 0.717) is 13.2 Å². The van der Waals surface area contributed by atoms with Crippen molar-refractivity contribution in [2.45, 2.75) is 70.9 Å². The monoisotopic (exact) mass is 341 g/mol. The van der Waals surface area contributed by atoms with E-state index in [0.717, 1.165) is 45.1 Å². The molecule has 5 unspecified atom stereocenters. The zero-order valence-corrected chi connectivity index (χ0v) is 14.9. The van der Waals surface area contributed by atoms with Gasteiger partial charge in [0.15, 0.2) is 6.29 Å². The fourth-order valence-corrected chi connectivity index (χ4v) is 4.30. The molecule has 0 aromatic rings. The lowest BCUT2D eigenvalue weighted by molar-refractivity contribution is -0.225.